The van der Waals surface area contributed by atoms with E-state index in [-0.39, 0.29) is 22.6 Å². The van der Waals surface area contributed by atoms with E-state index in [0.717, 1.165) is 45.9 Å². The van der Waals surface area contributed by atoms with Crippen LogP contribution in [0, 0.1) is 0 Å². The molecule has 10 heteroatoms. The average molecular weight is 578 g/mol. The van der Waals surface area contributed by atoms with E-state index in [1.807, 2.05) is 85.1 Å². The molecule has 0 spiro atoms. The minimum atomic E-state index is -0.457. The monoisotopic (exact) mass is 577 g/mol. The molecule has 0 saturated carbocycles. The van der Waals surface area contributed by atoms with Crippen LogP contribution in [0.15, 0.2) is 94.6 Å². The third kappa shape index (κ3) is 5.57. The van der Waals surface area contributed by atoms with E-state index in [4.69, 9.17) is 14.6 Å². The van der Waals surface area contributed by atoms with Gasteiger partial charge in [-0.2, -0.15) is 19.7 Å². The Labute approximate surface area is 244 Å². The Morgan fingerprint density at radius 2 is 1.64 bits per heavy atom. The predicted octanol–water partition coefficient (Wildman–Crippen LogP) is 4.30. The molecule has 42 heavy (non-hydrogen) atoms. The quantitative estimate of drug-likeness (QED) is 0.253. The fourth-order valence-electron chi connectivity index (χ4n) is 4.49. The Hall–Kier alpha value is -5.09. The number of rotatable bonds is 9. The molecule has 0 bridgehead atoms. The lowest BCUT2D eigenvalue weighted by atomic mass is 10.1. The smallest absolute Gasteiger partial charge is 0.296 e. The average Bonchev–Trinajstić information content (AvgIpc) is 3.58. The summed E-state index contributed by atoms with van der Waals surface area (Å²) in [4.78, 5) is 30.7. The maximum absolute atomic E-state index is 13.5. The summed E-state index contributed by atoms with van der Waals surface area (Å²) in [6.45, 7) is 2.71. The SMILES string of the molecule is CCCOc1ccc(-c2nn(-c3ccccc3)cc2C=c2sc3nc(=O)c(Cc4ccc(OC)cc4)nn3c2=O)cc1. The Bertz CT molecular complexity index is 2020. The third-order valence-corrected chi connectivity index (χ3v) is 7.59. The number of aromatic nitrogens is 5. The number of para-hydroxylation sites is 1. The van der Waals surface area contributed by atoms with E-state index < -0.39 is 5.56 Å². The van der Waals surface area contributed by atoms with E-state index in [2.05, 4.69) is 17.0 Å². The molecule has 6 rings (SSSR count). The Balaban J connectivity index is 1.42. The lowest BCUT2D eigenvalue weighted by molar-refractivity contribution is 0.317. The molecule has 6 aromatic rings. The Morgan fingerprint density at radius 3 is 2.36 bits per heavy atom. The van der Waals surface area contributed by atoms with Crippen LogP contribution in [0.25, 0.3) is 28.0 Å². The number of thiazole rings is 1. The van der Waals surface area contributed by atoms with Crippen molar-refractivity contribution in [1.29, 1.82) is 0 Å². The van der Waals surface area contributed by atoms with Crippen molar-refractivity contribution in [2.24, 2.45) is 0 Å². The second-order valence-electron chi connectivity index (χ2n) is 9.58. The van der Waals surface area contributed by atoms with Crippen molar-refractivity contribution in [3.05, 3.63) is 127 Å². The largest absolute Gasteiger partial charge is 0.497 e. The van der Waals surface area contributed by atoms with Crippen molar-refractivity contribution >= 4 is 22.4 Å². The number of hydrogen-bond acceptors (Lipinski definition) is 8. The van der Waals surface area contributed by atoms with Crippen LogP contribution in [0.1, 0.15) is 30.2 Å². The van der Waals surface area contributed by atoms with Gasteiger partial charge in [0.1, 0.15) is 22.9 Å². The van der Waals surface area contributed by atoms with Gasteiger partial charge in [0.05, 0.1) is 23.9 Å². The van der Waals surface area contributed by atoms with Crippen LogP contribution in [0.2, 0.25) is 0 Å². The molecular weight excluding hydrogens is 550 g/mol. The van der Waals surface area contributed by atoms with Gasteiger partial charge in [0.2, 0.25) is 4.96 Å². The molecule has 0 N–H and O–H groups in total. The summed E-state index contributed by atoms with van der Waals surface area (Å²) in [5, 5.41) is 9.26. The summed E-state index contributed by atoms with van der Waals surface area (Å²) in [6, 6.07) is 24.8. The number of ether oxygens (including phenoxy) is 2. The normalized spacial score (nSPS) is 11.7. The van der Waals surface area contributed by atoms with Gasteiger partial charge in [0, 0.05) is 23.7 Å². The first kappa shape index (κ1) is 27.1. The predicted molar refractivity (Wildman–Crippen MR) is 163 cm³/mol. The number of nitrogens with zero attached hydrogens (tertiary/aromatic N) is 5. The summed E-state index contributed by atoms with van der Waals surface area (Å²) >= 11 is 1.12. The first-order chi connectivity index (χ1) is 20.5. The molecule has 0 radical (unpaired) electrons. The Kier molecular flexibility index (Phi) is 7.61. The van der Waals surface area contributed by atoms with Crippen LogP contribution in [0.5, 0.6) is 11.5 Å². The van der Waals surface area contributed by atoms with Gasteiger partial charge >= 0.3 is 0 Å². The molecule has 0 saturated heterocycles. The zero-order valence-corrected chi connectivity index (χ0v) is 23.9. The molecule has 0 amide bonds. The summed E-state index contributed by atoms with van der Waals surface area (Å²) < 4.78 is 14.3. The van der Waals surface area contributed by atoms with Gasteiger partial charge < -0.3 is 9.47 Å². The van der Waals surface area contributed by atoms with Gasteiger partial charge in [0.15, 0.2) is 0 Å². The van der Waals surface area contributed by atoms with Gasteiger partial charge in [0.25, 0.3) is 11.1 Å². The molecule has 0 fully saturated rings. The molecule has 0 aliphatic rings. The van der Waals surface area contributed by atoms with Crippen molar-refractivity contribution in [2.45, 2.75) is 19.8 Å². The van der Waals surface area contributed by atoms with Gasteiger partial charge in [-0.25, -0.2) is 4.68 Å². The maximum Gasteiger partial charge on any atom is 0.296 e. The molecule has 3 aromatic heterocycles. The molecule has 0 aliphatic carbocycles. The first-order valence-electron chi connectivity index (χ1n) is 13.5. The summed E-state index contributed by atoms with van der Waals surface area (Å²) in [7, 11) is 1.59. The highest BCUT2D eigenvalue weighted by Gasteiger charge is 2.15. The first-order valence-corrected chi connectivity index (χ1v) is 14.3. The van der Waals surface area contributed by atoms with E-state index in [1.54, 1.807) is 17.9 Å². The van der Waals surface area contributed by atoms with Gasteiger partial charge in [-0.15, -0.1) is 0 Å². The molecule has 3 aromatic carbocycles. The number of fused-ring (bicyclic) bond motifs is 1. The molecule has 0 unspecified atom stereocenters. The van der Waals surface area contributed by atoms with Crippen LogP contribution >= 0.6 is 11.3 Å². The Morgan fingerprint density at radius 1 is 0.905 bits per heavy atom. The zero-order valence-electron chi connectivity index (χ0n) is 23.1. The lowest BCUT2D eigenvalue weighted by Gasteiger charge is -2.05. The van der Waals surface area contributed by atoms with Crippen molar-refractivity contribution in [1.82, 2.24) is 24.4 Å². The van der Waals surface area contributed by atoms with Crippen LogP contribution in [0.4, 0.5) is 0 Å². The lowest BCUT2D eigenvalue weighted by Crippen LogP contribution is -2.28. The molecule has 0 atom stereocenters. The third-order valence-electron chi connectivity index (χ3n) is 6.63. The van der Waals surface area contributed by atoms with Crippen molar-refractivity contribution in [3.8, 4) is 28.4 Å². The topological polar surface area (TPSA) is 101 Å². The summed E-state index contributed by atoms with van der Waals surface area (Å²) in [5.74, 6) is 1.50. The van der Waals surface area contributed by atoms with E-state index in [0.29, 0.717) is 22.6 Å². The van der Waals surface area contributed by atoms with Crippen molar-refractivity contribution < 1.29 is 9.47 Å². The highest BCUT2D eigenvalue weighted by atomic mass is 32.1. The molecule has 3 heterocycles. The highest BCUT2D eigenvalue weighted by molar-refractivity contribution is 7.15. The van der Waals surface area contributed by atoms with Gasteiger partial charge in [-0.05, 0) is 66.6 Å². The second-order valence-corrected chi connectivity index (χ2v) is 10.6. The molecular formula is C32H27N5O4S. The van der Waals surface area contributed by atoms with Crippen LogP contribution in [0.3, 0.4) is 0 Å². The standard InChI is InChI=1S/C32H27N5O4S/c1-3-17-41-26-15-11-22(12-16-26)29-23(20-36(35-29)24-7-5-4-6-8-24)19-28-31(39)37-32(42-28)33-30(38)27(34-37)18-21-9-13-25(40-2)14-10-21/h4-16,19-20H,3,17-18H2,1-2H3. The van der Waals surface area contributed by atoms with E-state index >= 15 is 0 Å². The van der Waals surface area contributed by atoms with Crippen LogP contribution in [-0.4, -0.2) is 38.1 Å². The van der Waals surface area contributed by atoms with E-state index in [9.17, 15) is 9.59 Å². The van der Waals surface area contributed by atoms with Gasteiger partial charge in [-0.3, -0.25) is 9.59 Å². The van der Waals surface area contributed by atoms with Crippen molar-refractivity contribution in [3.63, 3.8) is 0 Å². The zero-order chi connectivity index (χ0) is 29.1. The molecule has 0 aliphatic heterocycles. The second kappa shape index (κ2) is 11.8. The minimum absolute atomic E-state index is 0.196. The highest BCUT2D eigenvalue weighted by Crippen LogP contribution is 2.26. The molecule has 210 valence electrons. The fraction of sp³-hybridized carbons (Fsp3) is 0.156. The minimum Gasteiger partial charge on any atom is -0.497 e. The summed E-state index contributed by atoms with van der Waals surface area (Å²) in [6.07, 6.45) is 4.84. The van der Waals surface area contributed by atoms with Gasteiger partial charge in [-0.1, -0.05) is 48.6 Å². The number of methoxy groups -OCH3 is 1. The fourth-order valence-corrected chi connectivity index (χ4v) is 5.38. The molecule has 9 nitrogen and oxygen atoms in total. The van der Waals surface area contributed by atoms with Crippen LogP contribution < -0.4 is 25.1 Å². The van der Waals surface area contributed by atoms with Crippen molar-refractivity contribution in [2.75, 3.05) is 13.7 Å². The maximum atomic E-state index is 13.5. The number of hydrogen-bond donors (Lipinski definition) is 0. The van der Waals surface area contributed by atoms with Crippen LogP contribution in [-0.2, 0) is 6.42 Å². The number of benzene rings is 3. The summed E-state index contributed by atoms with van der Waals surface area (Å²) in [5.41, 5.74) is 3.46. The van der Waals surface area contributed by atoms with E-state index in [1.165, 1.54) is 4.52 Å².